The van der Waals surface area contributed by atoms with Gasteiger partial charge in [0.25, 0.3) is 5.91 Å². The van der Waals surface area contributed by atoms with Gasteiger partial charge in [0, 0.05) is 20.2 Å². The summed E-state index contributed by atoms with van der Waals surface area (Å²) >= 11 is 12.4. The Morgan fingerprint density at radius 1 is 1.26 bits per heavy atom. The van der Waals surface area contributed by atoms with Crippen LogP contribution in [0, 0.1) is 11.3 Å². The molecule has 7 heteroatoms. The summed E-state index contributed by atoms with van der Waals surface area (Å²) in [6, 6.07) is 11.9. The van der Waals surface area contributed by atoms with Crippen molar-refractivity contribution in [3.05, 3.63) is 61.5 Å². The molecule has 0 saturated heterocycles. The molecule has 2 aromatic carbocycles. The minimum atomic E-state index is -0.582. The van der Waals surface area contributed by atoms with Gasteiger partial charge in [-0.05, 0) is 36.4 Å². The lowest BCUT2D eigenvalue weighted by molar-refractivity contribution is -0.112. The van der Waals surface area contributed by atoms with Crippen LogP contribution in [0.15, 0.2) is 50.9 Å². The van der Waals surface area contributed by atoms with Crippen molar-refractivity contribution in [1.82, 2.24) is 0 Å². The Morgan fingerprint density at radius 2 is 2.00 bits per heavy atom. The largest absolute Gasteiger partial charge is 0.506 e. The number of aromatic hydroxyl groups is 1. The summed E-state index contributed by atoms with van der Waals surface area (Å²) in [6.45, 7) is 0. The summed E-state index contributed by atoms with van der Waals surface area (Å²) in [5.41, 5.74) is 0.654. The second kappa shape index (κ2) is 7.64. The molecule has 0 saturated carbocycles. The molecule has 0 atom stereocenters. The zero-order valence-corrected chi connectivity index (χ0v) is 15.4. The third kappa shape index (κ3) is 4.58. The number of halogens is 3. The second-order valence-electron chi connectivity index (χ2n) is 4.46. The first-order valence-corrected chi connectivity index (χ1v) is 8.24. The maximum Gasteiger partial charge on any atom is 0.266 e. The molecule has 0 aliphatic rings. The highest BCUT2D eigenvalue weighted by Gasteiger charge is 2.13. The topological polar surface area (TPSA) is 73.1 Å². The van der Waals surface area contributed by atoms with Crippen LogP contribution in [-0.4, -0.2) is 11.0 Å². The Balaban J connectivity index is 2.32. The second-order valence-corrected chi connectivity index (χ2v) is 6.70. The fourth-order valence-electron chi connectivity index (χ4n) is 1.76. The number of carbonyl (C=O) groups excluding carboxylic acids is 1. The number of amides is 1. The van der Waals surface area contributed by atoms with Gasteiger partial charge < -0.3 is 10.4 Å². The van der Waals surface area contributed by atoms with Gasteiger partial charge in [0.05, 0.1) is 5.02 Å². The van der Waals surface area contributed by atoms with Crippen LogP contribution < -0.4 is 5.32 Å². The number of anilines is 1. The van der Waals surface area contributed by atoms with E-state index >= 15 is 0 Å². The standard InChI is InChI=1S/C16H9Br2ClN2O2/c17-11-2-1-3-13(6-11)21-16(23)10(8-20)4-9-5-12(18)7-14(19)15(9)22/h1-7,22H,(H,21,23)/b10-4+. The molecule has 2 rings (SSSR count). The van der Waals surface area contributed by atoms with Crippen LogP contribution in [0.2, 0.25) is 5.02 Å². The van der Waals surface area contributed by atoms with E-state index in [0.717, 1.165) is 4.47 Å². The molecule has 1 amide bonds. The molecule has 0 aliphatic carbocycles. The van der Waals surface area contributed by atoms with Crippen LogP contribution in [0.4, 0.5) is 5.69 Å². The fraction of sp³-hybridized carbons (Fsp3) is 0. The Bertz CT molecular complexity index is 844. The van der Waals surface area contributed by atoms with Crippen molar-refractivity contribution in [2.75, 3.05) is 5.32 Å². The fourth-order valence-corrected chi connectivity index (χ4v) is 3.00. The lowest BCUT2D eigenvalue weighted by Crippen LogP contribution is -2.13. The predicted molar refractivity (Wildman–Crippen MR) is 97.2 cm³/mol. The van der Waals surface area contributed by atoms with E-state index < -0.39 is 5.91 Å². The average molecular weight is 457 g/mol. The lowest BCUT2D eigenvalue weighted by Gasteiger charge is -2.06. The summed E-state index contributed by atoms with van der Waals surface area (Å²) in [7, 11) is 0. The SMILES string of the molecule is N#C/C(=C\c1cc(Br)cc(Cl)c1O)C(=O)Nc1cccc(Br)c1. The van der Waals surface area contributed by atoms with E-state index in [-0.39, 0.29) is 21.9 Å². The van der Waals surface area contributed by atoms with Gasteiger partial charge in [-0.25, -0.2) is 0 Å². The summed E-state index contributed by atoms with van der Waals surface area (Å²) in [5, 5.41) is 21.9. The number of rotatable bonds is 3. The molecule has 0 radical (unpaired) electrons. The van der Waals surface area contributed by atoms with Crippen LogP contribution in [0.3, 0.4) is 0 Å². The third-order valence-electron chi connectivity index (χ3n) is 2.81. The molecule has 116 valence electrons. The first kappa shape index (κ1) is 17.5. The van der Waals surface area contributed by atoms with Crippen LogP contribution in [0.1, 0.15) is 5.56 Å². The third-order valence-corrected chi connectivity index (χ3v) is 4.04. The van der Waals surface area contributed by atoms with E-state index in [4.69, 9.17) is 11.6 Å². The van der Waals surface area contributed by atoms with Gasteiger partial charge >= 0.3 is 0 Å². The van der Waals surface area contributed by atoms with Gasteiger partial charge in [-0.2, -0.15) is 5.26 Å². The smallest absolute Gasteiger partial charge is 0.266 e. The molecule has 0 heterocycles. The Morgan fingerprint density at radius 3 is 2.65 bits per heavy atom. The number of nitrogens with zero attached hydrogens (tertiary/aromatic N) is 1. The maximum atomic E-state index is 12.2. The number of nitrogens with one attached hydrogen (secondary N) is 1. The van der Waals surface area contributed by atoms with Crippen molar-refractivity contribution in [3.8, 4) is 11.8 Å². The molecule has 4 nitrogen and oxygen atoms in total. The number of hydrogen-bond donors (Lipinski definition) is 2. The number of phenolic OH excluding ortho intramolecular Hbond substituents is 1. The lowest BCUT2D eigenvalue weighted by atomic mass is 10.1. The van der Waals surface area contributed by atoms with Crippen LogP contribution in [0.5, 0.6) is 5.75 Å². The number of carbonyl (C=O) groups is 1. The van der Waals surface area contributed by atoms with Gasteiger partial charge in [0.15, 0.2) is 0 Å². The minimum Gasteiger partial charge on any atom is -0.506 e. The maximum absolute atomic E-state index is 12.2. The highest BCUT2D eigenvalue weighted by atomic mass is 79.9. The number of nitriles is 1. The highest BCUT2D eigenvalue weighted by molar-refractivity contribution is 9.10. The van der Waals surface area contributed by atoms with Gasteiger partial charge in [-0.15, -0.1) is 0 Å². The molecular weight excluding hydrogens is 447 g/mol. The molecular formula is C16H9Br2ClN2O2. The van der Waals surface area contributed by atoms with Crippen LogP contribution >= 0.6 is 43.5 Å². The summed E-state index contributed by atoms with van der Waals surface area (Å²) < 4.78 is 1.42. The monoisotopic (exact) mass is 454 g/mol. The highest BCUT2D eigenvalue weighted by Crippen LogP contribution is 2.32. The van der Waals surface area contributed by atoms with Crippen molar-refractivity contribution >= 4 is 61.1 Å². The molecule has 0 fully saturated rings. The molecule has 0 bridgehead atoms. The predicted octanol–water partition coefficient (Wildman–Crippen LogP) is 5.12. The normalized spacial score (nSPS) is 11.0. The van der Waals surface area contributed by atoms with E-state index in [1.165, 1.54) is 12.1 Å². The van der Waals surface area contributed by atoms with Crippen molar-refractivity contribution in [2.45, 2.75) is 0 Å². The van der Waals surface area contributed by atoms with Crippen molar-refractivity contribution in [2.24, 2.45) is 0 Å². The van der Waals surface area contributed by atoms with Gasteiger partial charge in [0.2, 0.25) is 0 Å². The van der Waals surface area contributed by atoms with Crippen molar-refractivity contribution in [1.29, 1.82) is 5.26 Å². The Hall–Kier alpha value is -1.81. The van der Waals surface area contributed by atoms with E-state index in [2.05, 4.69) is 37.2 Å². The quantitative estimate of drug-likeness (QED) is 0.498. The molecule has 2 N–H and O–H groups in total. The number of hydrogen-bond acceptors (Lipinski definition) is 3. The van der Waals surface area contributed by atoms with Gasteiger partial charge in [0.1, 0.15) is 17.4 Å². The van der Waals surface area contributed by atoms with Crippen LogP contribution in [0.25, 0.3) is 6.08 Å². The summed E-state index contributed by atoms with van der Waals surface area (Å²) in [6.07, 6.45) is 1.28. The first-order chi connectivity index (χ1) is 10.9. The van der Waals surface area contributed by atoms with Crippen molar-refractivity contribution < 1.29 is 9.90 Å². The number of benzene rings is 2. The molecule has 0 spiro atoms. The van der Waals surface area contributed by atoms with E-state index in [0.29, 0.717) is 10.2 Å². The van der Waals surface area contributed by atoms with Gasteiger partial charge in [-0.1, -0.05) is 49.5 Å². The molecule has 0 aliphatic heterocycles. The zero-order chi connectivity index (χ0) is 17.0. The van der Waals surface area contributed by atoms with E-state index in [1.54, 1.807) is 24.3 Å². The van der Waals surface area contributed by atoms with Crippen molar-refractivity contribution in [3.63, 3.8) is 0 Å². The Labute approximate surface area is 154 Å². The molecule has 23 heavy (non-hydrogen) atoms. The molecule has 2 aromatic rings. The van der Waals surface area contributed by atoms with E-state index in [1.807, 2.05) is 12.1 Å². The average Bonchev–Trinajstić information content (AvgIpc) is 2.49. The molecule has 0 unspecified atom stereocenters. The van der Waals surface area contributed by atoms with Crippen LogP contribution in [-0.2, 0) is 4.79 Å². The Kier molecular flexibility index (Phi) is 5.83. The zero-order valence-electron chi connectivity index (χ0n) is 11.5. The summed E-state index contributed by atoms with van der Waals surface area (Å²) in [5.74, 6) is -0.779. The molecule has 0 aromatic heterocycles. The summed E-state index contributed by atoms with van der Waals surface area (Å²) in [4.78, 5) is 12.2. The number of phenols is 1. The minimum absolute atomic E-state index is 0.121. The van der Waals surface area contributed by atoms with E-state index in [9.17, 15) is 15.2 Å². The first-order valence-electron chi connectivity index (χ1n) is 6.27. The van der Waals surface area contributed by atoms with Gasteiger partial charge in [-0.3, -0.25) is 4.79 Å².